The van der Waals surface area contributed by atoms with Crippen LogP contribution in [0.5, 0.6) is 0 Å². The van der Waals surface area contributed by atoms with E-state index >= 15 is 0 Å². The number of hydrogen-bond donors (Lipinski definition) is 1. The number of anilines is 1. The van der Waals surface area contributed by atoms with Gasteiger partial charge in [-0.2, -0.15) is 0 Å². The van der Waals surface area contributed by atoms with E-state index in [1.54, 1.807) is 0 Å². The first-order valence-corrected chi connectivity index (χ1v) is 9.63. The Hall–Kier alpha value is -3.21. The van der Waals surface area contributed by atoms with Crippen molar-refractivity contribution in [3.63, 3.8) is 0 Å². The Kier molecular flexibility index (Phi) is 3.72. The SMILES string of the molecule is CN(C)c1ccc(-c2nc3c(-c4ccc(C5(C)CC5)cc4)ccnc3[nH]2)nc1. The molecular formula is C23H23N5. The van der Waals surface area contributed by atoms with Crippen molar-refractivity contribution in [3.8, 4) is 22.6 Å². The number of aromatic amines is 1. The number of hydrogen-bond acceptors (Lipinski definition) is 4. The maximum Gasteiger partial charge on any atom is 0.158 e. The first-order valence-electron chi connectivity index (χ1n) is 9.63. The van der Waals surface area contributed by atoms with Gasteiger partial charge in [0.25, 0.3) is 0 Å². The highest BCUT2D eigenvalue weighted by Gasteiger charge is 2.38. The fraction of sp³-hybridized carbons (Fsp3) is 0.261. The third-order valence-corrected chi connectivity index (χ3v) is 5.78. The van der Waals surface area contributed by atoms with Crippen LogP contribution in [0.3, 0.4) is 0 Å². The molecule has 0 saturated heterocycles. The Balaban J connectivity index is 1.54. The Morgan fingerprint density at radius 1 is 0.964 bits per heavy atom. The van der Waals surface area contributed by atoms with Gasteiger partial charge in [0.05, 0.1) is 11.9 Å². The predicted molar refractivity (Wildman–Crippen MR) is 113 cm³/mol. The van der Waals surface area contributed by atoms with Crippen molar-refractivity contribution in [2.24, 2.45) is 0 Å². The lowest BCUT2D eigenvalue weighted by Crippen LogP contribution is -2.08. The van der Waals surface area contributed by atoms with Gasteiger partial charge >= 0.3 is 0 Å². The number of nitrogens with zero attached hydrogens (tertiary/aromatic N) is 4. The molecule has 28 heavy (non-hydrogen) atoms. The Morgan fingerprint density at radius 2 is 1.75 bits per heavy atom. The molecule has 5 rings (SSSR count). The molecular weight excluding hydrogens is 346 g/mol. The van der Waals surface area contributed by atoms with Gasteiger partial charge in [-0.05, 0) is 47.6 Å². The monoisotopic (exact) mass is 369 g/mol. The van der Waals surface area contributed by atoms with Gasteiger partial charge in [0.1, 0.15) is 11.2 Å². The van der Waals surface area contributed by atoms with E-state index in [0.717, 1.165) is 39.5 Å². The lowest BCUT2D eigenvalue weighted by molar-refractivity contribution is 0.788. The number of imidazole rings is 1. The summed E-state index contributed by atoms with van der Waals surface area (Å²) in [5, 5.41) is 0. The van der Waals surface area contributed by atoms with E-state index in [-0.39, 0.29) is 0 Å². The summed E-state index contributed by atoms with van der Waals surface area (Å²) >= 11 is 0. The number of H-pyrrole nitrogens is 1. The van der Waals surface area contributed by atoms with E-state index in [1.165, 1.54) is 18.4 Å². The highest BCUT2D eigenvalue weighted by molar-refractivity contribution is 5.91. The molecule has 0 radical (unpaired) electrons. The van der Waals surface area contributed by atoms with E-state index in [2.05, 4.69) is 46.1 Å². The van der Waals surface area contributed by atoms with Crippen LogP contribution in [0.15, 0.2) is 54.9 Å². The molecule has 0 spiro atoms. The van der Waals surface area contributed by atoms with Crippen LogP contribution in [0, 0.1) is 0 Å². The normalized spacial score (nSPS) is 15.0. The van der Waals surface area contributed by atoms with Gasteiger partial charge in [-0.1, -0.05) is 31.2 Å². The molecule has 0 unspecified atom stereocenters. The quantitative estimate of drug-likeness (QED) is 0.561. The van der Waals surface area contributed by atoms with Crippen molar-refractivity contribution < 1.29 is 0 Å². The van der Waals surface area contributed by atoms with Gasteiger partial charge in [0.15, 0.2) is 11.5 Å². The largest absolute Gasteiger partial charge is 0.376 e. The summed E-state index contributed by atoms with van der Waals surface area (Å²) in [7, 11) is 4.01. The predicted octanol–water partition coefficient (Wildman–Crippen LogP) is 4.80. The molecule has 1 aliphatic carbocycles. The molecule has 0 aliphatic heterocycles. The topological polar surface area (TPSA) is 57.7 Å². The Labute approximate surface area is 164 Å². The smallest absolute Gasteiger partial charge is 0.158 e. The molecule has 3 aromatic heterocycles. The van der Waals surface area contributed by atoms with Gasteiger partial charge in [0.2, 0.25) is 0 Å². The van der Waals surface area contributed by atoms with Gasteiger partial charge < -0.3 is 9.88 Å². The average Bonchev–Trinajstić information content (AvgIpc) is 3.32. The zero-order chi connectivity index (χ0) is 19.3. The van der Waals surface area contributed by atoms with Crippen molar-refractivity contribution in [1.82, 2.24) is 19.9 Å². The van der Waals surface area contributed by atoms with Crippen LogP contribution in [0.4, 0.5) is 5.69 Å². The van der Waals surface area contributed by atoms with Gasteiger partial charge in [-0.25, -0.2) is 9.97 Å². The molecule has 4 aromatic rings. The summed E-state index contributed by atoms with van der Waals surface area (Å²) in [5.41, 5.74) is 7.59. The lowest BCUT2D eigenvalue weighted by atomic mass is 9.95. The van der Waals surface area contributed by atoms with E-state index < -0.39 is 0 Å². The first-order chi connectivity index (χ1) is 13.5. The standard InChI is InChI=1S/C23H23N5/c1-23(11-12-23)16-6-4-15(5-7-16)18-10-13-24-22-20(18)26-21(27-22)19-9-8-17(14-25-19)28(2)3/h4-10,13-14H,11-12H2,1-3H3,(H,24,26,27). The number of aromatic nitrogens is 4. The Morgan fingerprint density at radius 3 is 2.39 bits per heavy atom. The summed E-state index contributed by atoms with van der Waals surface area (Å²) in [6, 6.07) is 15.0. The highest BCUT2D eigenvalue weighted by Crippen LogP contribution is 2.47. The van der Waals surface area contributed by atoms with Crippen LogP contribution in [0.1, 0.15) is 25.3 Å². The van der Waals surface area contributed by atoms with Crippen LogP contribution >= 0.6 is 0 Å². The second-order valence-electron chi connectivity index (χ2n) is 8.08. The third kappa shape index (κ3) is 2.83. The van der Waals surface area contributed by atoms with Crippen LogP contribution in [0.2, 0.25) is 0 Å². The third-order valence-electron chi connectivity index (χ3n) is 5.78. The van der Waals surface area contributed by atoms with E-state index in [4.69, 9.17) is 4.98 Å². The second-order valence-corrected chi connectivity index (χ2v) is 8.08. The fourth-order valence-corrected chi connectivity index (χ4v) is 3.58. The van der Waals surface area contributed by atoms with Crippen LogP contribution < -0.4 is 4.90 Å². The van der Waals surface area contributed by atoms with Gasteiger partial charge in [0, 0.05) is 25.9 Å². The van der Waals surface area contributed by atoms with Crippen LogP contribution in [-0.2, 0) is 5.41 Å². The zero-order valence-electron chi connectivity index (χ0n) is 16.4. The number of pyridine rings is 2. The molecule has 5 nitrogen and oxygen atoms in total. The summed E-state index contributed by atoms with van der Waals surface area (Å²) in [6.45, 7) is 2.33. The maximum absolute atomic E-state index is 4.82. The first kappa shape index (κ1) is 16.9. The number of nitrogens with one attached hydrogen (secondary N) is 1. The molecule has 1 fully saturated rings. The summed E-state index contributed by atoms with van der Waals surface area (Å²) in [6.07, 6.45) is 6.26. The van der Waals surface area contributed by atoms with Crippen molar-refractivity contribution in [2.75, 3.05) is 19.0 Å². The lowest BCUT2D eigenvalue weighted by Gasteiger charge is -2.11. The molecule has 1 N–H and O–H groups in total. The number of rotatable bonds is 4. The molecule has 1 saturated carbocycles. The van der Waals surface area contributed by atoms with Gasteiger partial charge in [-0.3, -0.25) is 4.98 Å². The molecule has 0 amide bonds. The second kappa shape index (κ2) is 6.16. The summed E-state index contributed by atoms with van der Waals surface area (Å²) in [5.74, 6) is 0.738. The van der Waals surface area contributed by atoms with E-state index in [1.807, 2.05) is 49.6 Å². The van der Waals surface area contributed by atoms with Crippen molar-refractivity contribution >= 4 is 16.9 Å². The zero-order valence-corrected chi connectivity index (χ0v) is 16.4. The Bertz CT molecular complexity index is 1140. The molecule has 1 aliphatic rings. The van der Waals surface area contributed by atoms with Crippen molar-refractivity contribution in [1.29, 1.82) is 0 Å². The minimum Gasteiger partial charge on any atom is -0.376 e. The average molecular weight is 369 g/mol. The molecule has 0 atom stereocenters. The molecule has 1 aromatic carbocycles. The summed E-state index contributed by atoms with van der Waals surface area (Å²) < 4.78 is 0. The van der Waals surface area contributed by atoms with Crippen LogP contribution in [0.25, 0.3) is 33.8 Å². The number of benzene rings is 1. The molecule has 140 valence electrons. The minimum absolute atomic E-state index is 0.385. The fourth-order valence-electron chi connectivity index (χ4n) is 3.58. The van der Waals surface area contributed by atoms with Crippen LogP contribution in [-0.4, -0.2) is 34.0 Å². The number of fused-ring (bicyclic) bond motifs is 1. The summed E-state index contributed by atoms with van der Waals surface area (Å²) in [4.78, 5) is 19.2. The minimum atomic E-state index is 0.385. The van der Waals surface area contributed by atoms with Gasteiger partial charge in [-0.15, -0.1) is 0 Å². The van der Waals surface area contributed by atoms with Crippen molar-refractivity contribution in [2.45, 2.75) is 25.2 Å². The van der Waals surface area contributed by atoms with E-state index in [9.17, 15) is 0 Å². The molecule has 0 bridgehead atoms. The highest BCUT2D eigenvalue weighted by atomic mass is 15.1. The maximum atomic E-state index is 4.82. The molecule has 3 heterocycles. The molecule has 5 heteroatoms. The van der Waals surface area contributed by atoms with E-state index in [0.29, 0.717) is 5.41 Å². The van der Waals surface area contributed by atoms with Crippen molar-refractivity contribution in [3.05, 3.63) is 60.4 Å².